The van der Waals surface area contributed by atoms with Crippen LogP contribution in [0.1, 0.15) is 43.5 Å². The summed E-state index contributed by atoms with van der Waals surface area (Å²) in [6, 6.07) is 0. The Bertz CT molecular complexity index is 1860. The molecule has 0 aliphatic carbocycles. The highest BCUT2D eigenvalue weighted by molar-refractivity contribution is 7.80. The number of Topliss-reactive ketones (excluding diaryl/α,β-unsaturated/α-hetero) is 1. The molecule has 7 atom stereocenters. The number of carbonyl (C=O) groups is 4. The fourth-order valence-corrected chi connectivity index (χ4v) is 7.49. The number of nitrogens with one attached hydrogen (secondary N) is 2. The van der Waals surface area contributed by atoms with Crippen molar-refractivity contribution in [3.8, 4) is 0 Å². The van der Waals surface area contributed by atoms with Gasteiger partial charge in [0, 0.05) is 30.7 Å². The molecule has 0 aromatic carbocycles. The molecule has 30 heteroatoms. The maximum atomic E-state index is 12.7. The number of nitrogen functional groups attached to an aromatic ring is 1. The largest absolute Gasteiger partial charge is 0.481 e. The first kappa shape index (κ1) is 45.4. The number of phosphoric acid groups is 3. The number of carbonyl (C=O) groups excluding carboxylic acids is 3. The molecule has 304 valence electrons. The van der Waals surface area contributed by atoms with Gasteiger partial charge in [-0.25, -0.2) is 28.6 Å². The van der Waals surface area contributed by atoms with Gasteiger partial charge in [-0.15, -0.1) is 0 Å². The summed E-state index contributed by atoms with van der Waals surface area (Å²) in [7, 11) is -16.6. The summed E-state index contributed by atoms with van der Waals surface area (Å²) >= 11 is 3.94. The van der Waals surface area contributed by atoms with Gasteiger partial charge in [0.1, 0.15) is 36.4 Å². The number of aliphatic hydroxyl groups excluding tert-OH is 2. The molecule has 2 amide bonds. The lowest BCUT2D eigenvalue weighted by molar-refractivity contribution is -0.137. The number of amides is 2. The number of carboxylic acids is 1. The van der Waals surface area contributed by atoms with E-state index in [2.05, 4.69) is 47.0 Å². The standard InChI is InChI=1S/C24H38N7O19P3S/c1-24(2,18(37)22(38)27-4-3-13(33)26-5-6-54)9-47-53(44,45)50-52(42,43)46-8-12-17(49-51(39,40)41)16(36)23(48-12)31-10-28-15-19(25)29-20(30-21(15)31)11(32)7-14(34)35/h10,12,16-18,23,36-37,54H,3-9H2,1-2H3,(H,26,33)(H,27,38)(H,34,35)(H,42,43)(H,44,45)(H2,25,29,30)(H2,39,40,41)/t12-,16-,17-,18+,23-/m1/s1. The number of ether oxygens (including phenoxy) is 1. The number of aliphatic hydroxyl groups is 2. The Morgan fingerprint density at radius 3 is 2.33 bits per heavy atom. The lowest BCUT2D eigenvalue weighted by Gasteiger charge is -2.30. The third kappa shape index (κ3) is 12.8. The third-order valence-electron chi connectivity index (χ3n) is 7.13. The van der Waals surface area contributed by atoms with E-state index in [9.17, 15) is 62.7 Å². The summed E-state index contributed by atoms with van der Waals surface area (Å²) in [5.41, 5.74) is 3.68. The summed E-state index contributed by atoms with van der Waals surface area (Å²) in [6.07, 6.45) is -9.84. The minimum Gasteiger partial charge on any atom is -0.481 e. The maximum absolute atomic E-state index is 12.7. The molecule has 1 aliphatic rings. The molecule has 2 aromatic rings. The number of nitrogens with two attached hydrogens (primary N) is 1. The van der Waals surface area contributed by atoms with Gasteiger partial charge in [0.25, 0.3) is 0 Å². The number of ketones is 1. The Balaban J connectivity index is 1.69. The number of aromatic nitrogens is 4. The Hall–Kier alpha value is -2.97. The molecule has 2 aromatic heterocycles. The molecule has 1 fully saturated rings. The van der Waals surface area contributed by atoms with Crippen LogP contribution < -0.4 is 16.4 Å². The number of fused-ring (bicyclic) bond motifs is 1. The lowest BCUT2D eigenvalue weighted by Crippen LogP contribution is -2.46. The number of carboxylic acid groups (broad SMARTS) is 1. The zero-order chi connectivity index (χ0) is 40.8. The average molecular weight is 854 g/mol. The van der Waals surface area contributed by atoms with Crippen molar-refractivity contribution in [1.29, 1.82) is 0 Å². The fraction of sp³-hybridized carbons (Fsp3) is 0.625. The molecule has 0 saturated carbocycles. The van der Waals surface area contributed by atoms with E-state index in [1.165, 1.54) is 13.8 Å². The van der Waals surface area contributed by atoms with Crippen molar-refractivity contribution >= 4 is 76.6 Å². The highest BCUT2D eigenvalue weighted by Gasteiger charge is 2.50. The quantitative estimate of drug-likeness (QED) is 0.0280. The maximum Gasteiger partial charge on any atom is 0.481 e. The Kier molecular flexibility index (Phi) is 15.4. The normalized spacial score (nSPS) is 21.9. The Morgan fingerprint density at radius 2 is 1.72 bits per heavy atom. The monoisotopic (exact) mass is 853 g/mol. The van der Waals surface area contributed by atoms with Crippen molar-refractivity contribution in [2.45, 2.75) is 57.3 Å². The van der Waals surface area contributed by atoms with Gasteiger partial charge in [-0.05, 0) is 0 Å². The molecule has 0 spiro atoms. The number of hydrogen-bond donors (Lipinski definition) is 11. The van der Waals surface area contributed by atoms with Gasteiger partial charge >= 0.3 is 29.4 Å². The van der Waals surface area contributed by atoms with Crippen molar-refractivity contribution in [3.63, 3.8) is 0 Å². The van der Waals surface area contributed by atoms with Crippen molar-refractivity contribution in [1.82, 2.24) is 30.2 Å². The number of imidazole rings is 1. The van der Waals surface area contributed by atoms with E-state index in [1.54, 1.807) is 0 Å². The van der Waals surface area contributed by atoms with Gasteiger partial charge in [-0.2, -0.15) is 16.9 Å². The second-order valence-electron chi connectivity index (χ2n) is 12.0. The van der Waals surface area contributed by atoms with Crippen LogP contribution in [0.2, 0.25) is 0 Å². The van der Waals surface area contributed by atoms with E-state index in [0.717, 1.165) is 10.9 Å². The van der Waals surface area contributed by atoms with Crippen LogP contribution in [0.4, 0.5) is 5.82 Å². The molecule has 54 heavy (non-hydrogen) atoms. The zero-order valence-corrected chi connectivity index (χ0v) is 31.7. The smallest absolute Gasteiger partial charge is 0.481 e. The average Bonchev–Trinajstić information content (AvgIpc) is 3.60. The van der Waals surface area contributed by atoms with Crippen LogP contribution in [0.25, 0.3) is 11.2 Å². The highest BCUT2D eigenvalue weighted by atomic mass is 32.1. The number of thiol groups is 1. The van der Waals surface area contributed by atoms with Gasteiger partial charge in [-0.1, -0.05) is 13.8 Å². The Labute approximate surface area is 309 Å². The van der Waals surface area contributed by atoms with Gasteiger partial charge in [0.15, 0.2) is 17.7 Å². The second kappa shape index (κ2) is 18.3. The van der Waals surface area contributed by atoms with Gasteiger partial charge in [0.05, 0.1) is 19.5 Å². The van der Waals surface area contributed by atoms with Crippen molar-refractivity contribution < 1.29 is 90.4 Å². The molecule has 2 unspecified atom stereocenters. The summed E-state index contributed by atoms with van der Waals surface area (Å²) in [6.45, 7) is 0.429. The number of rotatable bonds is 21. The molecular weight excluding hydrogens is 815 g/mol. The summed E-state index contributed by atoms with van der Waals surface area (Å²) < 4.78 is 61.7. The van der Waals surface area contributed by atoms with E-state index in [-0.39, 0.29) is 24.1 Å². The molecule has 11 N–H and O–H groups in total. The van der Waals surface area contributed by atoms with E-state index in [0.29, 0.717) is 12.3 Å². The summed E-state index contributed by atoms with van der Waals surface area (Å²) in [5.74, 6) is -4.64. The molecule has 3 rings (SSSR count). The predicted molar refractivity (Wildman–Crippen MR) is 180 cm³/mol. The van der Waals surface area contributed by atoms with Crippen LogP contribution in [0.15, 0.2) is 6.33 Å². The number of nitrogens with zero attached hydrogens (tertiary/aromatic N) is 4. The molecular formula is C24H38N7O19P3S. The van der Waals surface area contributed by atoms with Gasteiger partial charge in [0.2, 0.25) is 23.4 Å². The van der Waals surface area contributed by atoms with E-state index < -0.39 is 114 Å². The number of aliphatic carboxylic acids is 1. The van der Waals surface area contributed by atoms with Crippen LogP contribution in [0.5, 0.6) is 0 Å². The van der Waals surface area contributed by atoms with Crippen LogP contribution >= 0.6 is 36.1 Å². The first-order chi connectivity index (χ1) is 24.9. The van der Waals surface area contributed by atoms with Gasteiger partial charge < -0.3 is 56.0 Å². The zero-order valence-electron chi connectivity index (χ0n) is 28.1. The topological polar surface area (TPSA) is 401 Å². The second-order valence-corrected chi connectivity index (χ2v) is 16.6. The molecule has 3 heterocycles. The summed E-state index contributed by atoms with van der Waals surface area (Å²) in [5, 5.41) is 35.2. The highest BCUT2D eigenvalue weighted by Crippen LogP contribution is 2.61. The number of phosphoric ester groups is 3. The van der Waals surface area contributed by atoms with Crippen LogP contribution in [-0.2, 0) is 50.7 Å². The van der Waals surface area contributed by atoms with Crippen LogP contribution in [0, 0.1) is 5.41 Å². The molecule has 1 saturated heterocycles. The van der Waals surface area contributed by atoms with Crippen LogP contribution in [-0.4, -0.2) is 134 Å². The number of hydrogen-bond acceptors (Lipinski definition) is 19. The molecule has 1 aliphatic heterocycles. The lowest BCUT2D eigenvalue weighted by atomic mass is 9.87. The van der Waals surface area contributed by atoms with Crippen molar-refractivity contribution in [3.05, 3.63) is 12.2 Å². The minimum atomic E-state index is -5.65. The third-order valence-corrected chi connectivity index (χ3v) is 10.5. The Morgan fingerprint density at radius 1 is 1.07 bits per heavy atom. The predicted octanol–water partition coefficient (Wildman–Crippen LogP) is -2.01. The first-order valence-corrected chi connectivity index (χ1v) is 20.3. The van der Waals surface area contributed by atoms with Gasteiger partial charge in [-0.3, -0.25) is 37.3 Å². The van der Waals surface area contributed by atoms with Crippen molar-refractivity contribution in [2.24, 2.45) is 5.41 Å². The molecule has 0 bridgehead atoms. The molecule has 26 nitrogen and oxygen atoms in total. The first-order valence-electron chi connectivity index (χ1n) is 15.2. The number of anilines is 1. The van der Waals surface area contributed by atoms with E-state index in [1.807, 2.05) is 0 Å². The van der Waals surface area contributed by atoms with Crippen molar-refractivity contribution in [2.75, 3.05) is 37.8 Å². The van der Waals surface area contributed by atoms with Crippen LogP contribution in [0.3, 0.4) is 0 Å². The molecule has 0 radical (unpaired) electrons. The SMILES string of the molecule is CC(C)(COP(=O)(O)OP(=O)(O)OC[C@H]1O[C@@H](n2cnc3c(N)nc(C(=O)CC(=O)O)nc32)[C@H](O)[C@@H]1OP(=O)(O)O)[C@@H](O)C(=O)NCCC(=O)NCCS. The summed E-state index contributed by atoms with van der Waals surface area (Å²) in [4.78, 5) is 98.1. The minimum absolute atomic E-state index is 0.129. The van der Waals surface area contributed by atoms with E-state index in [4.69, 9.17) is 24.6 Å². The fourth-order valence-electron chi connectivity index (χ4n) is 4.54. The van der Waals surface area contributed by atoms with E-state index >= 15 is 0 Å².